The van der Waals surface area contributed by atoms with Crippen molar-refractivity contribution in [1.29, 1.82) is 5.26 Å². The van der Waals surface area contributed by atoms with Gasteiger partial charge in [-0.2, -0.15) is 5.26 Å². The average molecular weight is 243 g/mol. The van der Waals surface area contributed by atoms with E-state index in [1.54, 1.807) is 0 Å². The Morgan fingerprint density at radius 2 is 2.47 bits per heavy atom. The Morgan fingerprint density at radius 3 is 3.00 bits per heavy atom. The zero-order valence-corrected chi connectivity index (χ0v) is 9.34. The molecule has 0 bridgehead atoms. The number of nitrogens with zero attached hydrogens (tertiary/aromatic N) is 2. The Morgan fingerprint density at radius 1 is 1.80 bits per heavy atom. The minimum absolute atomic E-state index is 0.207. The van der Waals surface area contributed by atoms with Crippen LogP contribution in [0.25, 0.3) is 0 Å². The van der Waals surface area contributed by atoms with Gasteiger partial charge < -0.3 is 5.11 Å². The van der Waals surface area contributed by atoms with E-state index in [9.17, 15) is 4.79 Å². The van der Waals surface area contributed by atoms with Gasteiger partial charge in [-0.15, -0.1) is 0 Å². The summed E-state index contributed by atoms with van der Waals surface area (Å²) in [4.78, 5) is 14.5. The summed E-state index contributed by atoms with van der Waals surface area (Å²) < 4.78 is 0. The van der Waals surface area contributed by atoms with E-state index in [0.29, 0.717) is 10.6 Å². The number of rotatable bonds is 3. The van der Waals surface area contributed by atoms with E-state index in [0.717, 1.165) is 11.8 Å². The molecule has 1 rings (SSSR count). The largest absolute Gasteiger partial charge is 0.480 e. The predicted molar refractivity (Wildman–Crippen MR) is 56.9 cm³/mol. The second-order valence-corrected chi connectivity index (χ2v) is 4.40. The molecule has 6 heteroatoms. The summed E-state index contributed by atoms with van der Waals surface area (Å²) in [5.41, 5.74) is 0.298. The molecule has 1 aromatic rings. The maximum absolute atomic E-state index is 10.6. The lowest BCUT2D eigenvalue weighted by Crippen LogP contribution is -2.11. The second-order valence-electron chi connectivity index (χ2n) is 2.69. The molecule has 4 nitrogen and oxygen atoms in total. The molecule has 0 saturated carbocycles. The molecular formula is C9H7ClN2O2S. The highest BCUT2D eigenvalue weighted by atomic mass is 35.5. The van der Waals surface area contributed by atoms with Crippen LogP contribution in [0, 0.1) is 11.3 Å². The number of thioether (sulfide) groups is 1. The average Bonchev–Trinajstić information content (AvgIpc) is 2.21. The van der Waals surface area contributed by atoms with Crippen molar-refractivity contribution in [3.8, 4) is 6.07 Å². The fourth-order valence-corrected chi connectivity index (χ4v) is 1.87. The van der Waals surface area contributed by atoms with Gasteiger partial charge in [0.05, 0.1) is 10.6 Å². The SMILES string of the molecule is CC(Sc1nccc(C#N)c1Cl)C(=O)O. The van der Waals surface area contributed by atoms with Crippen LogP contribution in [0.15, 0.2) is 17.3 Å². The molecule has 1 atom stereocenters. The van der Waals surface area contributed by atoms with Gasteiger partial charge in [0, 0.05) is 6.20 Å². The number of hydrogen-bond donors (Lipinski definition) is 1. The van der Waals surface area contributed by atoms with E-state index < -0.39 is 11.2 Å². The molecular weight excluding hydrogens is 236 g/mol. The molecule has 0 aliphatic rings. The molecule has 0 amide bonds. The van der Waals surface area contributed by atoms with Crippen molar-refractivity contribution in [3.63, 3.8) is 0 Å². The summed E-state index contributed by atoms with van der Waals surface area (Å²) in [6.07, 6.45) is 1.43. The van der Waals surface area contributed by atoms with E-state index in [2.05, 4.69) is 4.98 Å². The Labute approximate surface area is 95.9 Å². The molecule has 0 spiro atoms. The zero-order valence-electron chi connectivity index (χ0n) is 7.77. The first kappa shape index (κ1) is 11.8. The fraction of sp³-hybridized carbons (Fsp3) is 0.222. The molecule has 0 aliphatic heterocycles. The minimum Gasteiger partial charge on any atom is -0.480 e. The van der Waals surface area contributed by atoms with Gasteiger partial charge in [0.15, 0.2) is 0 Å². The lowest BCUT2D eigenvalue weighted by atomic mass is 10.3. The number of aliphatic carboxylic acids is 1. The first-order valence-corrected chi connectivity index (χ1v) is 5.26. The van der Waals surface area contributed by atoms with Gasteiger partial charge in [0.2, 0.25) is 0 Å². The van der Waals surface area contributed by atoms with Gasteiger partial charge in [-0.3, -0.25) is 4.79 Å². The highest BCUT2D eigenvalue weighted by Gasteiger charge is 2.16. The quantitative estimate of drug-likeness (QED) is 0.823. The van der Waals surface area contributed by atoms with Crippen molar-refractivity contribution in [2.45, 2.75) is 17.2 Å². The lowest BCUT2D eigenvalue weighted by molar-refractivity contribution is -0.136. The van der Waals surface area contributed by atoms with Gasteiger partial charge in [-0.1, -0.05) is 23.4 Å². The molecule has 78 valence electrons. The van der Waals surface area contributed by atoms with E-state index >= 15 is 0 Å². The molecule has 0 fully saturated rings. The Hall–Kier alpha value is -1.25. The Balaban J connectivity index is 2.97. The Bertz CT molecular complexity index is 431. The summed E-state index contributed by atoms with van der Waals surface area (Å²) in [7, 11) is 0. The smallest absolute Gasteiger partial charge is 0.316 e. The first-order chi connectivity index (χ1) is 7.06. The predicted octanol–water partition coefficient (Wildman–Crippen LogP) is 2.17. The van der Waals surface area contributed by atoms with E-state index in [4.69, 9.17) is 22.0 Å². The molecule has 1 aromatic heterocycles. The van der Waals surface area contributed by atoms with E-state index in [1.807, 2.05) is 6.07 Å². The molecule has 1 heterocycles. The van der Waals surface area contributed by atoms with Crippen LogP contribution in [-0.4, -0.2) is 21.3 Å². The highest BCUT2D eigenvalue weighted by Crippen LogP contribution is 2.30. The van der Waals surface area contributed by atoms with Crippen molar-refractivity contribution in [2.24, 2.45) is 0 Å². The topological polar surface area (TPSA) is 74.0 Å². The molecule has 0 aliphatic carbocycles. The first-order valence-electron chi connectivity index (χ1n) is 4.00. The van der Waals surface area contributed by atoms with Crippen LogP contribution in [0.2, 0.25) is 5.02 Å². The summed E-state index contributed by atoms with van der Waals surface area (Å²) in [5.74, 6) is -0.944. The van der Waals surface area contributed by atoms with Crippen molar-refractivity contribution >= 4 is 29.3 Å². The van der Waals surface area contributed by atoms with Gasteiger partial charge in [-0.25, -0.2) is 4.98 Å². The second kappa shape index (κ2) is 5.01. The Kier molecular flexibility index (Phi) is 3.95. The van der Waals surface area contributed by atoms with Crippen LogP contribution < -0.4 is 0 Å². The molecule has 15 heavy (non-hydrogen) atoms. The van der Waals surface area contributed by atoms with Crippen LogP contribution in [0.5, 0.6) is 0 Å². The van der Waals surface area contributed by atoms with Crippen LogP contribution in [0.3, 0.4) is 0 Å². The summed E-state index contributed by atoms with van der Waals surface area (Å²) >= 11 is 6.87. The third-order valence-electron chi connectivity index (χ3n) is 1.61. The summed E-state index contributed by atoms with van der Waals surface area (Å²) in [6, 6.07) is 3.39. The minimum atomic E-state index is -0.944. The standard InChI is InChI=1S/C9H7ClN2O2S/c1-5(9(13)14)15-8-7(10)6(4-11)2-3-12-8/h2-3,5H,1H3,(H,13,14). The number of nitriles is 1. The summed E-state index contributed by atoms with van der Waals surface area (Å²) in [6.45, 7) is 1.53. The molecule has 0 radical (unpaired) electrons. The van der Waals surface area contributed by atoms with Gasteiger partial charge in [-0.05, 0) is 13.0 Å². The molecule has 1 unspecified atom stereocenters. The van der Waals surface area contributed by atoms with Crippen LogP contribution in [0.4, 0.5) is 0 Å². The third-order valence-corrected chi connectivity index (χ3v) is 3.20. The van der Waals surface area contributed by atoms with E-state index in [1.165, 1.54) is 19.2 Å². The van der Waals surface area contributed by atoms with E-state index in [-0.39, 0.29) is 5.02 Å². The number of carboxylic acid groups (broad SMARTS) is 1. The summed E-state index contributed by atoms with van der Waals surface area (Å²) in [5, 5.41) is 17.3. The van der Waals surface area contributed by atoms with Crippen molar-refractivity contribution in [3.05, 3.63) is 22.8 Å². The molecule has 0 aromatic carbocycles. The monoisotopic (exact) mass is 242 g/mol. The normalized spacial score (nSPS) is 11.8. The van der Waals surface area contributed by atoms with Crippen molar-refractivity contribution < 1.29 is 9.90 Å². The fourth-order valence-electron chi connectivity index (χ4n) is 0.811. The third kappa shape index (κ3) is 2.85. The van der Waals surface area contributed by atoms with Crippen LogP contribution in [-0.2, 0) is 4.79 Å². The number of halogens is 1. The van der Waals surface area contributed by atoms with Crippen molar-refractivity contribution in [1.82, 2.24) is 4.98 Å². The number of aromatic nitrogens is 1. The van der Waals surface area contributed by atoms with Gasteiger partial charge >= 0.3 is 5.97 Å². The number of carbonyl (C=O) groups is 1. The van der Waals surface area contributed by atoms with Crippen LogP contribution in [0.1, 0.15) is 12.5 Å². The van der Waals surface area contributed by atoms with Crippen molar-refractivity contribution in [2.75, 3.05) is 0 Å². The van der Waals surface area contributed by atoms with Gasteiger partial charge in [0.1, 0.15) is 16.3 Å². The van der Waals surface area contributed by atoms with Crippen LogP contribution >= 0.6 is 23.4 Å². The maximum atomic E-state index is 10.6. The number of pyridine rings is 1. The lowest BCUT2D eigenvalue weighted by Gasteiger charge is -2.06. The number of carboxylic acids is 1. The molecule has 0 saturated heterocycles. The molecule has 1 N–H and O–H groups in total. The zero-order chi connectivity index (χ0) is 11.4. The number of hydrogen-bond acceptors (Lipinski definition) is 4. The highest BCUT2D eigenvalue weighted by molar-refractivity contribution is 8.00. The van der Waals surface area contributed by atoms with Gasteiger partial charge in [0.25, 0.3) is 0 Å². The maximum Gasteiger partial charge on any atom is 0.316 e.